The predicted octanol–water partition coefficient (Wildman–Crippen LogP) is 3.77. The number of nitrogens with one attached hydrogen (secondary N) is 2. The number of hydrogen-bond acceptors (Lipinski definition) is 4. The van der Waals surface area contributed by atoms with Gasteiger partial charge in [-0.2, -0.15) is 0 Å². The second kappa shape index (κ2) is 10.4. The summed E-state index contributed by atoms with van der Waals surface area (Å²) in [6.45, 7) is 6.68. The van der Waals surface area contributed by atoms with Gasteiger partial charge in [-0.05, 0) is 30.7 Å². The Kier molecular flexibility index (Phi) is 8.93. The molecular formula is C20H27FIN3O3. The summed E-state index contributed by atoms with van der Waals surface area (Å²) in [6.07, 6.45) is 0. The van der Waals surface area contributed by atoms with Crippen LogP contribution in [-0.4, -0.2) is 32.6 Å². The minimum atomic E-state index is -0.429. The monoisotopic (exact) mass is 503 g/mol. The summed E-state index contributed by atoms with van der Waals surface area (Å²) in [4.78, 5) is 15.8. The largest absolute Gasteiger partial charge is 0.465 e. The maximum atomic E-state index is 13.5. The summed E-state index contributed by atoms with van der Waals surface area (Å²) in [7, 11) is 3.00. The molecule has 0 bridgehead atoms. The lowest BCUT2D eigenvalue weighted by Crippen LogP contribution is -2.43. The highest BCUT2D eigenvalue weighted by Gasteiger charge is 2.21. The molecule has 1 aromatic heterocycles. The van der Waals surface area contributed by atoms with Crippen molar-refractivity contribution in [2.24, 2.45) is 4.99 Å². The third kappa shape index (κ3) is 6.22. The zero-order valence-electron chi connectivity index (χ0n) is 16.8. The van der Waals surface area contributed by atoms with Crippen LogP contribution in [0.25, 0.3) is 0 Å². The van der Waals surface area contributed by atoms with E-state index in [-0.39, 0.29) is 35.2 Å². The van der Waals surface area contributed by atoms with Crippen LogP contribution in [0, 0.1) is 12.7 Å². The van der Waals surface area contributed by atoms with Gasteiger partial charge in [0.15, 0.2) is 5.96 Å². The van der Waals surface area contributed by atoms with Crippen LogP contribution in [0.2, 0.25) is 0 Å². The summed E-state index contributed by atoms with van der Waals surface area (Å²) in [6, 6.07) is 8.23. The van der Waals surface area contributed by atoms with E-state index in [4.69, 9.17) is 9.15 Å². The van der Waals surface area contributed by atoms with E-state index < -0.39 is 5.97 Å². The van der Waals surface area contributed by atoms with E-state index in [9.17, 15) is 9.18 Å². The molecule has 0 spiro atoms. The number of ether oxygens (including phenoxy) is 1. The summed E-state index contributed by atoms with van der Waals surface area (Å²) >= 11 is 0. The van der Waals surface area contributed by atoms with Crippen molar-refractivity contribution in [3.05, 3.63) is 58.8 Å². The third-order valence-electron chi connectivity index (χ3n) is 4.33. The van der Waals surface area contributed by atoms with Gasteiger partial charge in [0.1, 0.15) is 22.9 Å². The zero-order valence-corrected chi connectivity index (χ0v) is 19.1. The van der Waals surface area contributed by atoms with Gasteiger partial charge in [-0.15, -0.1) is 24.0 Å². The molecule has 0 radical (unpaired) electrons. The molecule has 0 aliphatic rings. The molecule has 0 unspecified atom stereocenters. The molecule has 154 valence electrons. The number of benzene rings is 1. The van der Waals surface area contributed by atoms with Gasteiger partial charge in [-0.1, -0.05) is 26.0 Å². The fraction of sp³-hybridized carbons (Fsp3) is 0.400. The summed E-state index contributed by atoms with van der Waals surface area (Å²) in [5.74, 6) is 1.00. The Morgan fingerprint density at radius 3 is 2.61 bits per heavy atom. The van der Waals surface area contributed by atoms with E-state index in [1.54, 1.807) is 26.1 Å². The van der Waals surface area contributed by atoms with Crippen LogP contribution in [0.15, 0.2) is 39.7 Å². The van der Waals surface area contributed by atoms with Crippen LogP contribution in [0.1, 0.15) is 41.3 Å². The van der Waals surface area contributed by atoms with Gasteiger partial charge >= 0.3 is 5.97 Å². The molecule has 0 saturated carbocycles. The molecule has 2 rings (SSSR count). The summed E-state index contributed by atoms with van der Waals surface area (Å²) in [5.41, 5.74) is 1.01. The number of hydrogen-bond donors (Lipinski definition) is 2. The normalized spacial score (nSPS) is 11.6. The Morgan fingerprint density at radius 1 is 1.29 bits per heavy atom. The Bertz CT molecular complexity index is 834. The SMILES string of the molecule is CN=C(NCc1cc(C(=O)OC)c(C)o1)NCC(C)(C)c1cccc(F)c1.I. The molecule has 0 aliphatic carbocycles. The number of aryl methyl sites for hydroxylation is 1. The van der Waals surface area contributed by atoms with Crippen molar-refractivity contribution in [2.45, 2.75) is 32.7 Å². The van der Waals surface area contributed by atoms with Crippen molar-refractivity contribution < 1.29 is 18.3 Å². The van der Waals surface area contributed by atoms with Gasteiger partial charge in [0.05, 0.1) is 13.7 Å². The molecule has 8 heteroatoms. The molecule has 0 atom stereocenters. The number of furan rings is 1. The Labute approximate surface area is 182 Å². The van der Waals surface area contributed by atoms with Crippen molar-refractivity contribution in [3.8, 4) is 0 Å². The molecule has 0 saturated heterocycles. The fourth-order valence-corrected chi connectivity index (χ4v) is 2.65. The van der Waals surface area contributed by atoms with Crippen LogP contribution < -0.4 is 10.6 Å². The number of esters is 1. The first kappa shape index (κ1) is 23.9. The molecule has 2 N–H and O–H groups in total. The highest BCUT2D eigenvalue weighted by Crippen LogP contribution is 2.22. The number of halogens is 2. The molecule has 1 aromatic carbocycles. The average molecular weight is 503 g/mol. The van der Waals surface area contributed by atoms with Gasteiger partial charge in [-0.25, -0.2) is 9.18 Å². The molecular weight excluding hydrogens is 476 g/mol. The summed E-state index contributed by atoms with van der Waals surface area (Å²) < 4.78 is 23.8. The average Bonchev–Trinajstić information content (AvgIpc) is 3.02. The first-order valence-electron chi connectivity index (χ1n) is 8.65. The number of carbonyl (C=O) groups is 1. The van der Waals surface area contributed by atoms with E-state index in [1.165, 1.54) is 19.2 Å². The van der Waals surface area contributed by atoms with Gasteiger partial charge < -0.3 is 19.8 Å². The molecule has 1 heterocycles. The quantitative estimate of drug-likeness (QED) is 0.272. The van der Waals surface area contributed by atoms with Crippen LogP contribution >= 0.6 is 24.0 Å². The number of nitrogens with zero attached hydrogens (tertiary/aromatic N) is 1. The Morgan fingerprint density at radius 2 is 2.00 bits per heavy atom. The molecule has 6 nitrogen and oxygen atoms in total. The van der Waals surface area contributed by atoms with Crippen molar-refractivity contribution in [3.63, 3.8) is 0 Å². The van der Waals surface area contributed by atoms with Gasteiger partial charge in [0.2, 0.25) is 0 Å². The first-order chi connectivity index (χ1) is 12.8. The number of aliphatic imine (C=N–C) groups is 1. The van der Waals surface area contributed by atoms with Crippen LogP contribution in [0.4, 0.5) is 4.39 Å². The second-order valence-electron chi connectivity index (χ2n) is 6.85. The van der Waals surface area contributed by atoms with Gasteiger partial charge in [0, 0.05) is 19.0 Å². The van der Waals surface area contributed by atoms with Crippen LogP contribution in [0.5, 0.6) is 0 Å². The van der Waals surface area contributed by atoms with Crippen molar-refractivity contribution >= 4 is 35.9 Å². The minimum absolute atomic E-state index is 0. The summed E-state index contributed by atoms with van der Waals surface area (Å²) in [5, 5.41) is 6.37. The Balaban J connectivity index is 0.00000392. The van der Waals surface area contributed by atoms with Crippen molar-refractivity contribution in [1.29, 1.82) is 0 Å². The van der Waals surface area contributed by atoms with Crippen LogP contribution in [0.3, 0.4) is 0 Å². The molecule has 28 heavy (non-hydrogen) atoms. The third-order valence-corrected chi connectivity index (χ3v) is 4.33. The topological polar surface area (TPSA) is 75.9 Å². The maximum Gasteiger partial charge on any atom is 0.341 e. The van der Waals surface area contributed by atoms with Crippen LogP contribution in [-0.2, 0) is 16.7 Å². The second-order valence-corrected chi connectivity index (χ2v) is 6.85. The standard InChI is InChI=1S/C20H26FN3O3.HI/c1-13-17(18(25)26-5)10-16(27-13)11-23-19(22-4)24-12-20(2,3)14-7-6-8-15(21)9-14;/h6-10H,11-12H2,1-5H3,(H2,22,23,24);1H. The van der Waals surface area contributed by atoms with E-state index in [0.29, 0.717) is 36.1 Å². The van der Waals surface area contributed by atoms with Crippen molar-refractivity contribution in [2.75, 3.05) is 20.7 Å². The van der Waals surface area contributed by atoms with Gasteiger partial charge in [-0.3, -0.25) is 4.99 Å². The Hall–Kier alpha value is -2.10. The highest BCUT2D eigenvalue weighted by atomic mass is 127. The number of methoxy groups -OCH3 is 1. The van der Waals surface area contributed by atoms with E-state index in [0.717, 1.165) is 5.56 Å². The first-order valence-corrected chi connectivity index (χ1v) is 8.65. The minimum Gasteiger partial charge on any atom is -0.465 e. The maximum absolute atomic E-state index is 13.5. The number of rotatable bonds is 6. The lowest BCUT2D eigenvalue weighted by Gasteiger charge is -2.26. The molecule has 0 amide bonds. The molecule has 2 aromatic rings. The van der Waals surface area contributed by atoms with E-state index >= 15 is 0 Å². The lowest BCUT2D eigenvalue weighted by molar-refractivity contribution is 0.0599. The predicted molar refractivity (Wildman–Crippen MR) is 118 cm³/mol. The van der Waals surface area contributed by atoms with Crippen molar-refractivity contribution in [1.82, 2.24) is 10.6 Å². The number of guanidine groups is 1. The van der Waals surface area contributed by atoms with E-state index in [1.807, 2.05) is 19.9 Å². The van der Waals surface area contributed by atoms with Gasteiger partial charge in [0.25, 0.3) is 0 Å². The number of carbonyl (C=O) groups excluding carboxylic acids is 1. The zero-order chi connectivity index (χ0) is 20.0. The molecule has 0 aliphatic heterocycles. The molecule has 0 fully saturated rings. The lowest BCUT2D eigenvalue weighted by atomic mass is 9.84. The smallest absolute Gasteiger partial charge is 0.341 e. The highest BCUT2D eigenvalue weighted by molar-refractivity contribution is 14.0. The fourth-order valence-electron chi connectivity index (χ4n) is 2.65. The van der Waals surface area contributed by atoms with E-state index in [2.05, 4.69) is 15.6 Å².